The Balaban J connectivity index is 1.09. The third kappa shape index (κ3) is 6.55. The average molecular weight is 425 g/mol. The van der Waals surface area contributed by atoms with E-state index in [0.717, 1.165) is 69.4 Å². The number of carbonyl (C=O) groups excluding carboxylic acids is 1. The highest BCUT2D eigenvalue weighted by Gasteiger charge is 2.18. The molecular formula is C23H32N6O2. The first kappa shape index (κ1) is 21.4. The van der Waals surface area contributed by atoms with Gasteiger partial charge in [-0.3, -0.25) is 4.90 Å². The van der Waals surface area contributed by atoms with E-state index >= 15 is 0 Å². The molecular weight excluding hydrogens is 392 g/mol. The van der Waals surface area contributed by atoms with E-state index in [-0.39, 0.29) is 6.03 Å². The summed E-state index contributed by atoms with van der Waals surface area (Å²) < 4.78 is 5.96. The van der Waals surface area contributed by atoms with Gasteiger partial charge in [0, 0.05) is 50.8 Å². The lowest BCUT2D eigenvalue weighted by molar-refractivity contribution is 0.210. The van der Waals surface area contributed by atoms with Crippen LogP contribution in [-0.2, 0) is 0 Å². The number of rotatable bonds is 8. The Bertz CT molecular complexity index is 803. The van der Waals surface area contributed by atoms with Crippen LogP contribution in [0.4, 0.5) is 16.4 Å². The summed E-state index contributed by atoms with van der Waals surface area (Å²) in [4.78, 5) is 25.4. The van der Waals surface area contributed by atoms with E-state index in [1.54, 1.807) is 12.4 Å². The molecule has 1 aliphatic carbocycles. The molecule has 1 aromatic carbocycles. The Morgan fingerprint density at radius 1 is 1.03 bits per heavy atom. The fourth-order valence-electron chi connectivity index (χ4n) is 4.12. The van der Waals surface area contributed by atoms with Crippen molar-refractivity contribution in [1.29, 1.82) is 0 Å². The predicted octanol–water partition coefficient (Wildman–Crippen LogP) is 3.13. The molecule has 8 nitrogen and oxygen atoms in total. The number of ether oxygens (including phenoxy) is 1. The summed E-state index contributed by atoms with van der Waals surface area (Å²) in [6.45, 7) is 5.45. The van der Waals surface area contributed by atoms with Crippen molar-refractivity contribution in [2.45, 2.75) is 38.2 Å². The lowest BCUT2D eigenvalue weighted by atomic mass is 10.2. The summed E-state index contributed by atoms with van der Waals surface area (Å²) in [5, 5.41) is 5.83. The zero-order chi connectivity index (χ0) is 21.3. The van der Waals surface area contributed by atoms with Gasteiger partial charge in [-0.1, -0.05) is 0 Å². The van der Waals surface area contributed by atoms with Gasteiger partial charge in [0.05, 0.1) is 6.10 Å². The standard InChI is InChI=1S/C23H32N6O2/c30-23(27-19-7-9-21(10-8-19)31-20-5-1-2-6-20)26-13-4-14-28-15-17-29(18-16-28)22-24-11-3-12-25-22/h3,7-12,20H,1-2,4-6,13-18H2,(H2,26,27,30). The smallest absolute Gasteiger partial charge is 0.319 e. The lowest BCUT2D eigenvalue weighted by Crippen LogP contribution is -2.47. The molecule has 2 amide bonds. The molecule has 31 heavy (non-hydrogen) atoms. The SMILES string of the molecule is O=C(NCCCN1CCN(c2ncccn2)CC1)Nc1ccc(OC2CCCC2)cc1. The van der Waals surface area contributed by atoms with Crippen LogP contribution in [0.2, 0.25) is 0 Å². The van der Waals surface area contributed by atoms with Gasteiger partial charge in [0.15, 0.2) is 0 Å². The van der Waals surface area contributed by atoms with Gasteiger partial charge in [0.1, 0.15) is 5.75 Å². The van der Waals surface area contributed by atoms with E-state index < -0.39 is 0 Å². The van der Waals surface area contributed by atoms with Gasteiger partial charge in [-0.2, -0.15) is 0 Å². The van der Waals surface area contributed by atoms with Crippen LogP contribution in [0.15, 0.2) is 42.7 Å². The fourth-order valence-corrected chi connectivity index (χ4v) is 4.12. The van der Waals surface area contributed by atoms with Crippen LogP contribution in [0, 0.1) is 0 Å². The molecule has 4 rings (SSSR count). The molecule has 2 N–H and O–H groups in total. The van der Waals surface area contributed by atoms with Crippen molar-refractivity contribution in [2.75, 3.05) is 49.5 Å². The van der Waals surface area contributed by atoms with Gasteiger partial charge < -0.3 is 20.3 Å². The molecule has 8 heteroatoms. The lowest BCUT2D eigenvalue weighted by Gasteiger charge is -2.34. The largest absolute Gasteiger partial charge is 0.490 e. The molecule has 0 atom stereocenters. The summed E-state index contributed by atoms with van der Waals surface area (Å²) in [5.41, 5.74) is 0.774. The van der Waals surface area contributed by atoms with E-state index in [1.165, 1.54) is 12.8 Å². The first-order valence-electron chi connectivity index (χ1n) is 11.3. The number of benzene rings is 1. The number of anilines is 2. The second-order valence-electron chi connectivity index (χ2n) is 8.16. The van der Waals surface area contributed by atoms with Gasteiger partial charge in [-0.25, -0.2) is 14.8 Å². The zero-order valence-corrected chi connectivity index (χ0v) is 18.0. The molecule has 1 aliphatic heterocycles. The van der Waals surface area contributed by atoms with Gasteiger partial charge in [0.25, 0.3) is 0 Å². The highest BCUT2D eigenvalue weighted by atomic mass is 16.5. The van der Waals surface area contributed by atoms with E-state index in [2.05, 4.69) is 30.4 Å². The normalized spacial score (nSPS) is 17.5. The minimum absolute atomic E-state index is 0.171. The molecule has 2 aliphatic rings. The molecule has 0 spiro atoms. The number of amides is 2. The number of nitrogens with one attached hydrogen (secondary N) is 2. The van der Waals surface area contributed by atoms with Crippen molar-refractivity contribution in [1.82, 2.24) is 20.2 Å². The first-order valence-corrected chi connectivity index (χ1v) is 11.3. The zero-order valence-electron chi connectivity index (χ0n) is 18.0. The van der Waals surface area contributed by atoms with E-state index in [0.29, 0.717) is 12.6 Å². The number of urea groups is 1. The molecule has 166 valence electrons. The second kappa shape index (κ2) is 10.9. The predicted molar refractivity (Wildman–Crippen MR) is 122 cm³/mol. The van der Waals surface area contributed by atoms with Gasteiger partial charge >= 0.3 is 6.03 Å². The molecule has 2 heterocycles. The van der Waals surface area contributed by atoms with Crippen LogP contribution in [0.3, 0.4) is 0 Å². The van der Waals surface area contributed by atoms with E-state index in [4.69, 9.17) is 4.74 Å². The van der Waals surface area contributed by atoms with E-state index in [9.17, 15) is 4.79 Å². The monoisotopic (exact) mass is 424 g/mol. The van der Waals surface area contributed by atoms with Crippen LogP contribution in [0.5, 0.6) is 5.75 Å². The summed E-state index contributed by atoms with van der Waals surface area (Å²) in [5.74, 6) is 1.68. The Kier molecular flexibility index (Phi) is 7.55. The molecule has 1 saturated carbocycles. The Morgan fingerprint density at radius 2 is 1.74 bits per heavy atom. The molecule has 0 unspecified atom stereocenters. The summed E-state index contributed by atoms with van der Waals surface area (Å²) in [6.07, 6.45) is 9.61. The Hall–Kier alpha value is -2.87. The molecule has 1 aromatic heterocycles. The number of hydrogen-bond donors (Lipinski definition) is 2. The molecule has 0 radical (unpaired) electrons. The van der Waals surface area contributed by atoms with Crippen LogP contribution >= 0.6 is 0 Å². The minimum atomic E-state index is -0.171. The Labute approximate surface area is 184 Å². The quantitative estimate of drug-likeness (QED) is 0.634. The average Bonchev–Trinajstić information content (AvgIpc) is 3.32. The number of nitrogens with zero attached hydrogens (tertiary/aromatic N) is 4. The summed E-state index contributed by atoms with van der Waals surface area (Å²) in [7, 11) is 0. The number of piperazine rings is 1. The van der Waals surface area contributed by atoms with E-state index in [1.807, 2.05) is 30.3 Å². The number of hydrogen-bond acceptors (Lipinski definition) is 6. The van der Waals surface area contributed by atoms with Crippen LogP contribution < -0.4 is 20.3 Å². The van der Waals surface area contributed by atoms with Crippen LogP contribution in [0.1, 0.15) is 32.1 Å². The second-order valence-corrected chi connectivity index (χ2v) is 8.16. The topological polar surface area (TPSA) is 82.6 Å². The number of aromatic nitrogens is 2. The maximum absolute atomic E-state index is 12.1. The molecule has 2 fully saturated rings. The van der Waals surface area contributed by atoms with Crippen LogP contribution in [0.25, 0.3) is 0 Å². The van der Waals surface area contributed by atoms with Crippen molar-refractivity contribution in [3.8, 4) is 5.75 Å². The van der Waals surface area contributed by atoms with Crippen molar-refractivity contribution in [2.24, 2.45) is 0 Å². The van der Waals surface area contributed by atoms with Crippen molar-refractivity contribution in [3.63, 3.8) is 0 Å². The summed E-state index contributed by atoms with van der Waals surface area (Å²) in [6, 6.07) is 9.29. The van der Waals surface area contributed by atoms with Gasteiger partial charge in [-0.05, 0) is 69.0 Å². The molecule has 2 aromatic rings. The van der Waals surface area contributed by atoms with Crippen molar-refractivity contribution < 1.29 is 9.53 Å². The summed E-state index contributed by atoms with van der Waals surface area (Å²) >= 11 is 0. The first-order chi connectivity index (χ1) is 15.3. The molecule has 1 saturated heterocycles. The van der Waals surface area contributed by atoms with Gasteiger partial charge in [-0.15, -0.1) is 0 Å². The van der Waals surface area contributed by atoms with Gasteiger partial charge in [0.2, 0.25) is 5.95 Å². The molecule has 0 bridgehead atoms. The third-order valence-electron chi connectivity index (χ3n) is 5.86. The Morgan fingerprint density at radius 3 is 2.45 bits per heavy atom. The van der Waals surface area contributed by atoms with Crippen molar-refractivity contribution in [3.05, 3.63) is 42.7 Å². The highest BCUT2D eigenvalue weighted by Crippen LogP contribution is 2.25. The highest BCUT2D eigenvalue weighted by molar-refractivity contribution is 5.89. The van der Waals surface area contributed by atoms with Crippen LogP contribution in [-0.4, -0.2) is 66.3 Å². The fraction of sp³-hybridized carbons (Fsp3) is 0.522. The number of carbonyl (C=O) groups is 1. The maximum atomic E-state index is 12.1. The van der Waals surface area contributed by atoms with Crippen molar-refractivity contribution >= 4 is 17.7 Å². The minimum Gasteiger partial charge on any atom is -0.490 e. The maximum Gasteiger partial charge on any atom is 0.319 e. The third-order valence-corrected chi connectivity index (χ3v) is 5.86.